The van der Waals surface area contributed by atoms with Gasteiger partial charge in [-0.2, -0.15) is 0 Å². The van der Waals surface area contributed by atoms with E-state index in [0.717, 1.165) is 0 Å². The minimum atomic E-state index is -0.794. The number of allylic oxidation sites excluding steroid dienone is 1. The molecule has 14 heavy (non-hydrogen) atoms. The number of carboxylic acid groups (broad SMARTS) is 1. The van der Waals surface area contributed by atoms with Crippen LogP contribution in [0.2, 0.25) is 0 Å². The van der Waals surface area contributed by atoms with Gasteiger partial charge in [-0.15, -0.1) is 0 Å². The number of hydrogen-bond donors (Lipinski definition) is 2. The zero-order valence-corrected chi connectivity index (χ0v) is 8.62. The first-order chi connectivity index (χ1) is 6.56. The quantitative estimate of drug-likeness (QED) is 0.634. The van der Waals surface area contributed by atoms with Crippen molar-refractivity contribution in [3.05, 3.63) is 12.2 Å². The van der Waals surface area contributed by atoms with Crippen LogP contribution in [0, 0.1) is 0 Å². The second-order valence-electron chi connectivity index (χ2n) is 3.20. The fourth-order valence-electron chi connectivity index (χ4n) is 1.07. The third-order valence-corrected chi connectivity index (χ3v) is 1.73. The van der Waals surface area contributed by atoms with Crippen molar-refractivity contribution < 1.29 is 14.7 Å². The van der Waals surface area contributed by atoms with Crippen LogP contribution in [0.3, 0.4) is 0 Å². The molecule has 0 radical (unpaired) electrons. The van der Waals surface area contributed by atoms with Gasteiger partial charge in [0.2, 0.25) is 5.91 Å². The zero-order chi connectivity index (χ0) is 11.0. The molecule has 0 aliphatic carbocycles. The molecule has 1 amide bonds. The van der Waals surface area contributed by atoms with Crippen LogP contribution in [-0.4, -0.2) is 23.0 Å². The number of rotatable bonds is 6. The third-order valence-electron chi connectivity index (χ3n) is 1.73. The number of aliphatic carboxylic acids is 1. The molecule has 0 aromatic heterocycles. The predicted molar refractivity (Wildman–Crippen MR) is 53.9 cm³/mol. The molecule has 2 N–H and O–H groups in total. The van der Waals surface area contributed by atoms with E-state index in [9.17, 15) is 9.59 Å². The van der Waals surface area contributed by atoms with Gasteiger partial charge in [-0.1, -0.05) is 6.08 Å². The highest BCUT2D eigenvalue weighted by molar-refractivity contribution is 5.87. The van der Waals surface area contributed by atoms with E-state index in [0.29, 0.717) is 12.8 Å². The van der Waals surface area contributed by atoms with Crippen molar-refractivity contribution in [3.8, 4) is 0 Å². The summed E-state index contributed by atoms with van der Waals surface area (Å²) in [6.45, 7) is 3.64. The number of amides is 1. The van der Waals surface area contributed by atoms with Gasteiger partial charge in [-0.3, -0.25) is 9.59 Å². The topological polar surface area (TPSA) is 66.4 Å². The lowest BCUT2D eigenvalue weighted by Crippen LogP contribution is -2.31. The van der Waals surface area contributed by atoms with Gasteiger partial charge >= 0.3 is 5.97 Å². The summed E-state index contributed by atoms with van der Waals surface area (Å²) in [5.41, 5.74) is 0. The molecule has 0 heterocycles. The van der Waals surface area contributed by atoms with Crippen LogP contribution in [0.25, 0.3) is 0 Å². The maximum absolute atomic E-state index is 11.0. The highest BCUT2D eigenvalue weighted by Gasteiger charge is 2.05. The summed E-state index contributed by atoms with van der Waals surface area (Å²) in [6.07, 6.45) is 4.55. The lowest BCUT2D eigenvalue weighted by molar-refractivity contribution is -0.137. The minimum Gasteiger partial charge on any atom is -0.481 e. The molecule has 1 atom stereocenters. The summed E-state index contributed by atoms with van der Waals surface area (Å²) >= 11 is 0. The molecule has 0 fully saturated rings. The third kappa shape index (κ3) is 7.34. The van der Waals surface area contributed by atoms with Crippen LogP contribution in [0.4, 0.5) is 0 Å². The van der Waals surface area contributed by atoms with Crippen LogP contribution >= 0.6 is 0 Å². The van der Waals surface area contributed by atoms with Crippen LogP contribution in [0.15, 0.2) is 12.2 Å². The maximum Gasteiger partial charge on any atom is 0.303 e. The second-order valence-corrected chi connectivity index (χ2v) is 3.20. The van der Waals surface area contributed by atoms with E-state index in [1.54, 1.807) is 13.0 Å². The van der Waals surface area contributed by atoms with Crippen molar-refractivity contribution in [2.45, 2.75) is 39.2 Å². The lowest BCUT2D eigenvalue weighted by Gasteiger charge is -2.11. The van der Waals surface area contributed by atoms with Crippen molar-refractivity contribution in [2.75, 3.05) is 0 Å². The monoisotopic (exact) mass is 199 g/mol. The maximum atomic E-state index is 11.0. The van der Waals surface area contributed by atoms with Crippen LogP contribution in [0.1, 0.15) is 33.1 Å². The second kappa shape index (κ2) is 7.12. The summed E-state index contributed by atoms with van der Waals surface area (Å²) in [6, 6.07) is 0.0260. The van der Waals surface area contributed by atoms with E-state index in [-0.39, 0.29) is 18.4 Å². The molecule has 0 bridgehead atoms. The van der Waals surface area contributed by atoms with Gasteiger partial charge in [0.25, 0.3) is 0 Å². The molecule has 4 nitrogen and oxygen atoms in total. The van der Waals surface area contributed by atoms with Crippen molar-refractivity contribution in [2.24, 2.45) is 0 Å². The Kier molecular flexibility index (Phi) is 6.45. The molecule has 0 saturated carbocycles. The molecule has 0 aliphatic heterocycles. The Balaban J connectivity index is 3.59. The highest BCUT2D eigenvalue weighted by atomic mass is 16.4. The van der Waals surface area contributed by atoms with Crippen LogP contribution in [0.5, 0.6) is 0 Å². The summed E-state index contributed by atoms with van der Waals surface area (Å²) < 4.78 is 0. The summed E-state index contributed by atoms with van der Waals surface area (Å²) in [5, 5.41) is 11.1. The van der Waals surface area contributed by atoms with Gasteiger partial charge < -0.3 is 10.4 Å². The minimum absolute atomic E-state index is 0.0260. The normalized spacial score (nSPS) is 12.7. The van der Waals surface area contributed by atoms with E-state index in [1.165, 1.54) is 6.08 Å². The first kappa shape index (κ1) is 12.7. The molecule has 0 rings (SSSR count). The van der Waals surface area contributed by atoms with Crippen molar-refractivity contribution in [1.82, 2.24) is 5.32 Å². The Bertz CT molecular complexity index is 223. The largest absolute Gasteiger partial charge is 0.481 e. The molecule has 4 heteroatoms. The average Bonchev–Trinajstić information content (AvgIpc) is 2.03. The number of carboxylic acids is 1. The Morgan fingerprint density at radius 1 is 1.50 bits per heavy atom. The Hall–Kier alpha value is -1.32. The smallest absolute Gasteiger partial charge is 0.303 e. The number of hydrogen-bond acceptors (Lipinski definition) is 2. The van der Waals surface area contributed by atoms with Crippen LogP contribution in [-0.2, 0) is 9.59 Å². The van der Waals surface area contributed by atoms with Gasteiger partial charge in [0.05, 0.1) is 0 Å². The molecular weight excluding hydrogens is 182 g/mol. The van der Waals surface area contributed by atoms with Gasteiger partial charge in [0.15, 0.2) is 0 Å². The van der Waals surface area contributed by atoms with Crippen molar-refractivity contribution >= 4 is 11.9 Å². The first-order valence-corrected chi connectivity index (χ1v) is 4.71. The molecule has 0 aromatic carbocycles. The van der Waals surface area contributed by atoms with E-state index in [4.69, 9.17) is 5.11 Å². The molecule has 0 spiro atoms. The lowest BCUT2D eigenvalue weighted by atomic mass is 10.1. The summed E-state index contributed by atoms with van der Waals surface area (Å²) in [4.78, 5) is 21.2. The highest BCUT2D eigenvalue weighted by Crippen LogP contribution is 2.00. The SMILES string of the molecule is C/C=C/C(=O)NC(C)CCCC(=O)O. The van der Waals surface area contributed by atoms with Crippen molar-refractivity contribution in [1.29, 1.82) is 0 Å². The van der Waals surface area contributed by atoms with E-state index < -0.39 is 5.97 Å². The van der Waals surface area contributed by atoms with E-state index >= 15 is 0 Å². The summed E-state index contributed by atoms with van der Waals surface area (Å²) in [7, 11) is 0. The number of nitrogens with one attached hydrogen (secondary N) is 1. The Labute approximate surface area is 84.0 Å². The van der Waals surface area contributed by atoms with Gasteiger partial charge in [-0.05, 0) is 32.8 Å². The molecule has 80 valence electrons. The summed E-state index contributed by atoms with van der Waals surface area (Å²) in [5.74, 6) is -0.924. The van der Waals surface area contributed by atoms with E-state index in [1.807, 2.05) is 6.92 Å². The molecule has 0 aromatic rings. The first-order valence-electron chi connectivity index (χ1n) is 4.71. The molecule has 1 unspecified atom stereocenters. The number of carbonyl (C=O) groups excluding carboxylic acids is 1. The average molecular weight is 199 g/mol. The molecule has 0 aliphatic rings. The fourth-order valence-corrected chi connectivity index (χ4v) is 1.07. The van der Waals surface area contributed by atoms with Gasteiger partial charge in [0.1, 0.15) is 0 Å². The molecular formula is C10H17NO3. The van der Waals surface area contributed by atoms with Gasteiger partial charge in [0, 0.05) is 12.5 Å². The fraction of sp³-hybridized carbons (Fsp3) is 0.600. The van der Waals surface area contributed by atoms with Crippen molar-refractivity contribution in [3.63, 3.8) is 0 Å². The predicted octanol–water partition coefficient (Wildman–Crippen LogP) is 1.32. The van der Waals surface area contributed by atoms with Crippen LogP contribution < -0.4 is 5.32 Å². The zero-order valence-electron chi connectivity index (χ0n) is 8.62. The number of carbonyl (C=O) groups is 2. The molecule has 0 saturated heterocycles. The standard InChI is InChI=1S/C10H17NO3/c1-3-5-9(12)11-8(2)6-4-7-10(13)14/h3,5,8H,4,6-7H2,1-2H3,(H,11,12)(H,13,14)/b5-3+. The van der Waals surface area contributed by atoms with E-state index in [2.05, 4.69) is 5.32 Å². The Morgan fingerprint density at radius 2 is 2.14 bits per heavy atom. The Morgan fingerprint density at radius 3 is 2.64 bits per heavy atom. The van der Waals surface area contributed by atoms with Gasteiger partial charge in [-0.25, -0.2) is 0 Å².